The van der Waals surface area contributed by atoms with Crippen LogP contribution in [0, 0.1) is 10.8 Å². The Morgan fingerprint density at radius 1 is 1.16 bits per heavy atom. The molecule has 0 saturated heterocycles. The summed E-state index contributed by atoms with van der Waals surface area (Å²) in [5, 5.41) is 0. The summed E-state index contributed by atoms with van der Waals surface area (Å²) in [6.07, 6.45) is 3.27. The topological polar surface area (TPSA) is 26.3 Å². The standard InChI is InChI=1S/C17H24O2/c1-16(2)10-7-11-17(16,3)15(18)13-19-12-14-8-5-4-6-9-14/h4-6,8-9H,7,10-13H2,1-3H3/t17-/m1/s1. The molecular weight excluding hydrogens is 236 g/mol. The Morgan fingerprint density at radius 3 is 2.42 bits per heavy atom. The molecule has 0 N–H and O–H groups in total. The molecule has 2 rings (SSSR count). The second kappa shape index (κ2) is 5.46. The monoisotopic (exact) mass is 260 g/mol. The minimum absolute atomic E-state index is 0.0974. The summed E-state index contributed by atoms with van der Waals surface area (Å²) in [7, 11) is 0. The van der Waals surface area contributed by atoms with Gasteiger partial charge < -0.3 is 4.74 Å². The van der Waals surface area contributed by atoms with Gasteiger partial charge in [0.15, 0.2) is 5.78 Å². The number of carbonyl (C=O) groups is 1. The van der Waals surface area contributed by atoms with Crippen LogP contribution in [0.25, 0.3) is 0 Å². The third-order valence-corrected chi connectivity index (χ3v) is 4.93. The lowest BCUT2D eigenvalue weighted by molar-refractivity contribution is -0.138. The van der Waals surface area contributed by atoms with Crippen molar-refractivity contribution in [2.75, 3.05) is 6.61 Å². The molecule has 19 heavy (non-hydrogen) atoms. The molecule has 0 bridgehead atoms. The molecule has 1 aliphatic rings. The number of ketones is 1. The van der Waals surface area contributed by atoms with E-state index in [0.29, 0.717) is 6.61 Å². The van der Waals surface area contributed by atoms with Gasteiger partial charge in [0.1, 0.15) is 6.61 Å². The second-order valence-electron chi connectivity index (χ2n) is 6.47. The second-order valence-corrected chi connectivity index (χ2v) is 6.47. The number of carbonyl (C=O) groups excluding carboxylic acids is 1. The normalized spacial score (nSPS) is 25.4. The molecule has 0 unspecified atom stereocenters. The average molecular weight is 260 g/mol. The van der Waals surface area contributed by atoms with Crippen LogP contribution in [-0.4, -0.2) is 12.4 Å². The lowest BCUT2D eigenvalue weighted by atomic mass is 9.67. The number of hydrogen-bond acceptors (Lipinski definition) is 2. The van der Waals surface area contributed by atoms with E-state index in [-0.39, 0.29) is 23.2 Å². The summed E-state index contributed by atoms with van der Waals surface area (Å²) in [5.74, 6) is 0.255. The van der Waals surface area contributed by atoms with E-state index in [2.05, 4.69) is 20.8 Å². The zero-order chi connectivity index (χ0) is 13.9. The first-order valence-electron chi connectivity index (χ1n) is 7.11. The van der Waals surface area contributed by atoms with Crippen LogP contribution in [0.5, 0.6) is 0 Å². The molecule has 0 spiro atoms. The lowest BCUT2D eigenvalue weighted by Crippen LogP contribution is -2.39. The van der Waals surface area contributed by atoms with Crippen LogP contribution in [0.15, 0.2) is 30.3 Å². The minimum Gasteiger partial charge on any atom is -0.369 e. The van der Waals surface area contributed by atoms with Crippen molar-refractivity contribution in [3.05, 3.63) is 35.9 Å². The SMILES string of the molecule is CC1(C)CCC[C@]1(C)C(=O)COCc1ccccc1. The molecular formula is C17H24O2. The summed E-state index contributed by atoms with van der Waals surface area (Å²) in [5.41, 5.74) is 0.996. The molecule has 1 saturated carbocycles. The Labute approximate surface area is 116 Å². The molecule has 2 nitrogen and oxygen atoms in total. The Kier molecular flexibility index (Phi) is 4.10. The maximum atomic E-state index is 12.4. The van der Waals surface area contributed by atoms with Gasteiger partial charge >= 0.3 is 0 Å². The molecule has 2 heteroatoms. The molecule has 1 aromatic carbocycles. The molecule has 1 atom stereocenters. The molecule has 0 heterocycles. The van der Waals surface area contributed by atoms with Gasteiger partial charge in [-0.05, 0) is 23.8 Å². The lowest BCUT2D eigenvalue weighted by Gasteiger charge is -2.36. The summed E-state index contributed by atoms with van der Waals surface area (Å²) < 4.78 is 5.60. The third-order valence-electron chi connectivity index (χ3n) is 4.93. The van der Waals surface area contributed by atoms with Crippen molar-refractivity contribution < 1.29 is 9.53 Å². The van der Waals surface area contributed by atoms with E-state index in [1.54, 1.807) is 0 Å². The van der Waals surface area contributed by atoms with Crippen LogP contribution in [0.1, 0.15) is 45.6 Å². The highest BCUT2D eigenvalue weighted by atomic mass is 16.5. The molecule has 0 aromatic heterocycles. The summed E-state index contributed by atoms with van der Waals surface area (Å²) in [4.78, 5) is 12.4. The van der Waals surface area contributed by atoms with Gasteiger partial charge in [-0.3, -0.25) is 4.79 Å². The molecule has 0 aliphatic heterocycles. The van der Waals surface area contributed by atoms with Gasteiger partial charge in [0.25, 0.3) is 0 Å². The number of hydrogen-bond donors (Lipinski definition) is 0. The quantitative estimate of drug-likeness (QED) is 0.800. The van der Waals surface area contributed by atoms with Crippen LogP contribution >= 0.6 is 0 Å². The van der Waals surface area contributed by atoms with Crippen LogP contribution in [0.2, 0.25) is 0 Å². The van der Waals surface area contributed by atoms with E-state index in [0.717, 1.165) is 24.8 Å². The van der Waals surface area contributed by atoms with E-state index in [4.69, 9.17) is 4.74 Å². The minimum atomic E-state index is -0.219. The fourth-order valence-corrected chi connectivity index (χ4v) is 3.01. The summed E-state index contributed by atoms with van der Waals surface area (Å²) >= 11 is 0. The number of ether oxygens (including phenoxy) is 1. The number of Topliss-reactive ketones (excluding diaryl/α,β-unsaturated/α-hetero) is 1. The smallest absolute Gasteiger partial charge is 0.164 e. The van der Waals surface area contributed by atoms with Gasteiger partial charge in [-0.1, -0.05) is 57.5 Å². The van der Waals surface area contributed by atoms with Crippen molar-refractivity contribution in [3.63, 3.8) is 0 Å². The summed E-state index contributed by atoms with van der Waals surface area (Å²) in [6.45, 7) is 7.26. The first kappa shape index (κ1) is 14.3. The first-order chi connectivity index (χ1) is 8.96. The van der Waals surface area contributed by atoms with E-state index >= 15 is 0 Å². The molecule has 0 amide bonds. The van der Waals surface area contributed by atoms with E-state index in [9.17, 15) is 4.79 Å². The van der Waals surface area contributed by atoms with Gasteiger partial charge in [-0.2, -0.15) is 0 Å². The van der Waals surface area contributed by atoms with Crippen molar-refractivity contribution in [2.45, 2.75) is 46.6 Å². The summed E-state index contributed by atoms with van der Waals surface area (Å²) in [6, 6.07) is 10.00. The van der Waals surface area contributed by atoms with Crippen LogP contribution in [0.3, 0.4) is 0 Å². The van der Waals surface area contributed by atoms with Crippen molar-refractivity contribution in [3.8, 4) is 0 Å². The van der Waals surface area contributed by atoms with Gasteiger partial charge in [-0.25, -0.2) is 0 Å². The zero-order valence-corrected chi connectivity index (χ0v) is 12.2. The molecule has 0 radical (unpaired) electrons. The maximum absolute atomic E-state index is 12.4. The third kappa shape index (κ3) is 2.89. The Hall–Kier alpha value is -1.15. The van der Waals surface area contributed by atoms with Crippen molar-refractivity contribution >= 4 is 5.78 Å². The van der Waals surface area contributed by atoms with E-state index < -0.39 is 0 Å². The predicted molar refractivity (Wildman–Crippen MR) is 76.8 cm³/mol. The number of benzene rings is 1. The van der Waals surface area contributed by atoms with E-state index in [1.807, 2.05) is 30.3 Å². The molecule has 1 fully saturated rings. The molecule has 1 aliphatic carbocycles. The highest BCUT2D eigenvalue weighted by molar-refractivity contribution is 5.86. The van der Waals surface area contributed by atoms with Crippen LogP contribution in [-0.2, 0) is 16.1 Å². The fourth-order valence-electron chi connectivity index (χ4n) is 3.01. The van der Waals surface area contributed by atoms with Crippen LogP contribution in [0.4, 0.5) is 0 Å². The highest BCUT2D eigenvalue weighted by Crippen LogP contribution is 2.52. The maximum Gasteiger partial charge on any atom is 0.164 e. The van der Waals surface area contributed by atoms with Gasteiger partial charge in [0.05, 0.1) is 6.61 Å². The highest BCUT2D eigenvalue weighted by Gasteiger charge is 2.49. The predicted octanol–water partition coefficient (Wildman–Crippen LogP) is 3.99. The zero-order valence-electron chi connectivity index (χ0n) is 12.2. The molecule has 1 aromatic rings. The number of rotatable bonds is 5. The van der Waals surface area contributed by atoms with Gasteiger partial charge in [-0.15, -0.1) is 0 Å². The van der Waals surface area contributed by atoms with Crippen molar-refractivity contribution in [1.29, 1.82) is 0 Å². The van der Waals surface area contributed by atoms with Gasteiger partial charge in [0, 0.05) is 5.41 Å². The van der Waals surface area contributed by atoms with E-state index in [1.165, 1.54) is 0 Å². The largest absolute Gasteiger partial charge is 0.369 e. The Bertz CT molecular complexity index is 436. The first-order valence-corrected chi connectivity index (χ1v) is 7.11. The Morgan fingerprint density at radius 2 is 1.84 bits per heavy atom. The Balaban J connectivity index is 1.88. The van der Waals surface area contributed by atoms with Crippen molar-refractivity contribution in [2.24, 2.45) is 10.8 Å². The molecule has 104 valence electrons. The average Bonchev–Trinajstić information content (AvgIpc) is 2.66. The van der Waals surface area contributed by atoms with Crippen molar-refractivity contribution in [1.82, 2.24) is 0 Å². The van der Waals surface area contributed by atoms with Crippen LogP contribution < -0.4 is 0 Å². The van der Waals surface area contributed by atoms with Gasteiger partial charge in [0.2, 0.25) is 0 Å². The fraction of sp³-hybridized carbons (Fsp3) is 0.588.